The van der Waals surface area contributed by atoms with Crippen LogP contribution in [-0.2, 0) is 25.7 Å². The molecule has 5 atom stereocenters. The molecule has 7 nitrogen and oxygen atoms in total. The third-order valence-electron chi connectivity index (χ3n) is 8.00. The Morgan fingerprint density at radius 1 is 0.970 bits per heavy atom. The van der Waals surface area contributed by atoms with Crippen LogP contribution in [0.15, 0.2) is 42.5 Å². The van der Waals surface area contributed by atoms with Crippen LogP contribution in [0.4, 0.5) is 0 Å². The Bertz CT molecular complexity index is 985. The van der Waals surface area contributed by atoms with E-state index in [0.29, 0.717) is 6.54 Å². The van der Waals surface area contributed by atoms with Gasteiger partial charge in [-0.05, 0) is 31.2 Å². The van der Waals surface area contributed by atoms with Crippen LogP contribution < -0.4 is 10.6 Å². The standard InChI is InChI=1S/C26H31N3O4/c30-23(27-18-11-12-18)20-19-13-14-26(33-19)21(20)25(32)29(15-16-7-3-1-4-8-16)22(26)24(31)28-17-9-5-2-6-10-17/h1,3-4,7-8,13-14,17-22H,2,5-6,9-12,15H2,(H,27,30)(H,28,31)/t19-,20-,21-,22+,26-/m1/s1. The highest BCUT2D eigenvalue weighted by Gasteiger charge is 2.72. The molecule has 5 aliphatic rings. The van der Waals surface area contributed by atoms with Crippen LogP contribution in [0, 0.1) is 11.8 Å². The second kappa shape index (κ2) is 7.97. The molecule has 3 aliphatic heterocycles. The van der Waals surface area contributed by atoms with E-state index in [1.165, 1.54) is 6.42 Å². The molecule has 0 radical (unpaired) electrons. The quantitative estimate of drug-likeness (QED) is 0.651. The first-order valence-corrected chi connectivity index (χ1v) is 12.4. The second-order valence-electron chi connectivity index (χ2n) is 10.3. The fourth-order valence-corrected chi connectivity index (χ4v) is 6.27. The number of amides is 3. The predicted octanol–water partition coefficient (Wildman–Crippen LogP) is 2.06. The van der Waals surface area contributed by atoms with Crippen LogP contribution in [0.1, 0.15) is 50.5 Å². The van der Waals surface area contributed by atoms with Gasteiger partial charge in [0.2, 0.25) is 17.7 Å². The van der Waals surface area contributed by atoms with Crippen LogP contribution in [-0.4, -0.2) is 52.5 Å². The van der Waals surface area contributed by atoms with Gasteiger partial charge in [-0.25, -0.2) is 0 Å². The molecule has 3 amide bonds. The van der Waals surface area contributed by atoms with Crippen LogP contribution in [0.3, 0.4) is 0 Å². The summed E-state index contributed by atoms with van der Waals surface area (Å²) in [5, 5.41) is 6.29. The molecule has 2 aliphatic carbocycles. The number of benzene rings is 1. The number of carbonyl (C=O) groups excluding carboxylic acids is 3. The van der Waals surface area contributed by atoms with Crippen LogP contribution >= 0.6 is 0 Å². The number of carbonyl (C=O) groups is 3. The summed E-state index contributed by atoms with van der Waals surface area (Å²) in [6, 6.07) is 9.27. The summed E-state index contributed by atoms with van der Waals surface area (Å²) >= 11 is 0. The lowest BCUT2D eigenvalue weighted by molar-refractivity contribution is -0.142. The SMILES string of the molecule is O=C(NC1CC1)[C@@H]1[C@H]2C=C[C@]3(O2)[C@H](C(=O)NC2CCCCC2)N(Cc2ccccc2)C(=O)[C@@H]13. The van der Waals surface area contributed by atoms with Crippen molar-refractivity contribution in [2.75, 3.05) is 0 Å². The predicted molar refractivity (Wildman–Crippen MR) is 121 cm³/mol. The zero-order chi connectivity index (χ0) is 22.6. The fourth-order valence-electron chi connectivity index (χ4n) is 6.27. The molecule has 7 heteroatoms. The van der Waals surface area contributed by atoms with Crippen LogP contribution in [0.5, 0.6) is 0 Å². The Hall–Kier alpha value is -2.67. The van der Waals surface area contributed by atoms with Gasteiger partial charge >= 0.3 is 0 Å². The number of likely N-dealkylation sites (tertiary alicyclic amines) is 1. The number of rotatable bonds is 6. The van der Waals surface area contributed by atoms with E-state index in [4.69, 9.17) is 4.74 Å². The molecular weight excluding hydrogens is 418 g/mol. The normalized spacial score (nSPS) is 35.0. The van der Waals surface area contributed by atoms with Gasteiger partial charge in [0, 0.05) is 18.6 Å². The molecule has 4 fully saturated rings. The van der Waals surface area contributed by atoms with Crippen molar-refractivity contribution in [3.8, 4) is 0 Å². The van der Waals surface area contributed by atoms with Gasteiger partial charge in [-0.15, -0.1) is 0 Å². The maximum Gasteiger partial charge on any atom is 0.246 e. The van der Waals surface area contributed by atoms with E-state index >= 15 is 0 Å². The van der Waals surface area contributed by atoms with Crippen molar-refractivity contribution in [2.45, 2.75) is 81.3 Å². The molecule has 0 unspecified atom stereocenters. The number of nitrogens with one attached hydrogen (secondary N) is 2. The minimum absolute atomic E-state index is 0.125. The van der Waals surface area contributed by atoms with Crippen LogP contribution in [0.2, 0.25) is 0 Å². The summed E-state index contributed by atoms with van der Waals surface area (Å²) in [4.78, 5) is 42.4. The molecule has 2 saturated heterocycles. The van der Waals surface area contributed by atoms with Gasteiger partial charge < -0.3 is 20.3 Å². The Kier molecular flexibility index (Phi) is 5.05. The Morgan fingerprint density at radius 3 is 2.39 bits per heavy atom. The lowest BCUT2D eigenvalue weighted by Gasteiger charge is -2.34. The second-order valence-corrected chi connectivity index (χ2v) is 10.3. The lowest BCUT2D eigenvalue weighted by atomic mass is 9.74. The van der Waals surface area contributed by atoms with Gasteiger partial charge in [0.1, 0.15) is 11.6 Å². The first kappa shape index (κ1) is 20.9. The summed E-state index contributed by atoms with van der Waals surface area (Å²) in [5.74, 6) is -1.71. The monoisotopic (exact) mass is 449 g/mol. The van der Waals surface area contributed by atoms with E-state index in [0.717, 1.165) is 44.1 Å². The smallest absolute Gasteiger partial charge is 0.246 e. The zero-order valence-corrected chi connectivity index (χ0v) is 18.7. The van der Waals surface area contributed by atoms with E-state index in [9.17, 15) is 14.4 Å². The molecule has 174 valence electrons. The van der Waals surface area contributed by atoms with Gasteiger partial charge in [-0.2, -0.15) is 0 Å². The Labute approximate surface area is 193 Å². The maximum absolute atomic E-state index is 13.9. The maximum atomic E-state index is 13.9. The summed E-state index contributed by atoms with van der Waals surface area (Å²) in [6.45, 7) is 0.319. The van der Waals surface area contributed by atoms with Crippen molar-refractivity contribution in [2.24, 2.45) is 11.8 Å². The lowest BCUT2D eigenvalue weighted by Crippen LogP contribution is -2.56. The van der Waals surface area contributed by atoms with Crippen molar-refractivity contribution in [1.29, 1.82) is 0 Å². The average molecular weight is 450 g/mol. The van der Waals surface area contributed by atoms with E-state index in [2.05, 4.69) is 10.6 Å². The largest absolute Gasteiger partial charge is 0.359 e. The number of nitrogens with zero attached hydrogens (tertiary/aromatic N) is 1. The minimum atomic E-state index is -1.08. The zero-order valence-electron chi connectivity index (χ0n) is 18.7. The van der Waals surface area contributed by atoms with Crippen LogP contribution in [0.25, 0.3) is 0 Å². The highest BCUT2D eigenvalue weighted by atomic mass is 16.5. The van der Waals surface area contributed by atoms with Crippen molar-refractivity contribution >= 4 is 17.7 Å². The molecular formula is C26H31N3O4. The third-order valence-corrected chi connectivity index (χ3v) is 8.00. The van der Waals surface area contributed by atoms with Crippen molar-refractivity contribution in [3.05, 3.63) is 48.0 Å². The molecule has 0 aromatic heterocycles. The minimum Gasteiger partial charge on any atom is -0.359 e. The highest BCUT2D eigenvalue weighted by Crippen LogP contribution is 2.55. The molecule has 2 N–H and O–H groups in total. The van der Waals surface area contributed by atoms with Crippen molar-refractivity contribution in [3.63, 3.8) is 0 Å². The average Bonchev–Trinajstić information content (AvgIpc) is 3.37. The van der Waals surface area contributed by atoms with E-state index < -0.39 is 29.6 Å². The Morgan fingerprint density at radius 2 is 1.67 bits per heavy atom. The fraction of sp³-hybridized carbons (Fsp3) is 0.577. The summed E-state index contributed by atoms with van der Waals surface area (Å²) < 4.78 is 6.39. The molecule has 3 heterocycles. The van der Waals surface area contributed by atoms with Gasteiger partial charge in [0.05, 0.1) is 17.9 Å². The molecule has 1 aromatic rings. The topological polar surface area (TPSA) is 87.7 Å². The molecule has 6 rings (SSSR count). The summed E-state index contributed by atoms with van der Waals surface area (Å²) in [7, 11) is 0. The Balaban J connectivity index is 1.33. The van der Waals surface area contributed by atoms with E-state index in [-0.39, 0.29) is 29.8 Å². The van der Waals surface area contributed by atoms with Crippen molar-refractivity contribution in [1.82, 2.24) is 15.5 Å². The third kappa shape index (κ3) is 3.48. The molecule has 2 bridgehead atoms. The molecule has 1 spiro atoms. The number of ether oxygens (including phenoxy) is 1. The van der Waals surface area contributed by atoms with Crippen molar-refractivity contribution < 1.29 is 19.1 Å². The summed E-state index contributed by atoms with van der Waals surface area (Å²) in [6.07, 6.45) is 10.6. The van der Waals surface area contributed by atoms with E-state index in [1.807, 2.05) is 42.5 Å². The van der Waals surface area contributed by atoms with Gasteiger partial charge in [-0.3, -0.25) is 14.4 Å². The van der Waals surface area contributed by atoms with Gasteiger partial charge in [-0.1, -0.05) is 61.7 Å². The first-order valence-electron chi connectivity index (χ1n) is 12.4. The van der Waals surface area contributed by atoms with Gasteiger partial charge in [0.25, 0.3) is 0 Å². The molecule has 33 heavy (non-hydrogen) atoms. The molecule has 1 aromatic carbocycles. The molecule has 2 saturated carbocycles. The summed E-state index contributed by atoms with van der Waals surface area (Å²) in [5.41, 5.74) is -0.129. The number of hydrogen-bond acceptors (Lipinski definition) is 4. The first-order chi connectivity index (χ1) is 16.1. The highest BCUT2D eigenvalue weighted by molar-refractivity contribution is 6.00. The number of hydrogen-bond donors (Lipinski definition) is 2. The van der Waals surface area contributed by atoms with E-state index in [1.54, 1.807) is 4.90 Å². The van der Waals surface area contributed by atoms with Gasteiger partial charge in [0.15, 0.2) is 0 Å². The number of fused-ring (bicyclic) bond motifs is 1.